The molecule has 0 spiro atoms. The fourth-order valence-electron chi connectivity index (χ4n) is 1.76. The van der Waals surface area contributed by atoms with E-state index in [2.05, 4.69) is 15.5 Å². The summed E-state index contributed by atoms with van der Waals surface area (Å²) in [5.74, 6) is 0.606. The summed E-state index contributed by atoms with van der Waals surface area (Å²) >= 11 is 11.5. The lowest BCUT2D eigenvalue weighted by atomic mass is 10.1. The number of halogens is 2. The largest absolute Gasteiger partial charge is 0.382 e. The minimum atomic E-state index is -2.85. The fraction of sp³-hybridized carbons (Fsp3) is 0.556. The van der Waals surface area contributed by atoms with Gasteiger partial charge in [-0.1, -0.05) is 23.2 Å². The SMILES string of the molecule is O=S1(=O)CCC(CNc2cc(Cl)nnc2Cl)C1. The summed E-state index contributed by atoms with van der Waals surface area (Å²) in [4.78, 5) is 0. The summed E-state index contributed by atoms with van der Waals surface area (Å²) in [6, 6.07) is 1.57. The molecule has 1 aliphatic heterocycles. The lowest BCUT2D eigenvalue weighted by Gasteiger charge is -2.11. The molecule has 1 fully saturated rings. The Bertz CT molecular complexity index is 521. The van der Waals surface area contributed by atoms with E-state index in [4.69, 9.17) is 23.2 Å². The van der Waals surface area contributed by atoms with Gasteiger partial charge in [0.15, 0.2) is 20.1 Å². The predicted molar refractivity (Wildman–Crippen MR) is 67.3 cm³/mol. The third-order valence-corrected chi connectivity index (χ3v) is 4.93. The summed E-state index contributed by atoms with van der Waals surface area (Å²) in [5, 5.41) is 10.8. The molecule has 0 bridgehead atoms. The van der Waals surface area contributed by atoms with Gasteiger partial charge in [0, 0.05) is 12.6 Å². The van der Waals surface area contributed by atoms with Crippen molar-refractivity contribution in [3.63, 3.8) is 0 Å². The molecule has 0 aromatic carbocycles. The van der Waals surface area contributed by atoms with Gasteiger partial charge in [0.2, 0.25) is 0 Å². The van der Waals surface area contributed by atoms with E-state index in [9.17, 15) is 8.42 Å². The number of sulfone groups is 1. The molecule has 1 saturated heterocycles. The zero-order chi connectivity index (χ0) is 12.5. The zero-order valence-corrected chi connectivity index (χ0v) is 11.2. The van der Waals surface area contributed by atoms with Gasteiger partial charge in [0.25, 0.3) is 0 Å². The van der Waals surface area contributed by atoms with Crippen molar-refractivity contribution in [1.82, 2.24) is 10.2 Å². The van der Waals surface area contributed by atoms with Gasteiger partial charge in [-0.15, -0.1) is 10.2 Å². The first-order valence-corrected chi connectivity index (χ1v) is 7.67. The molecule has 1 aliphatic rings. The Labute approximate surface area is 109 Å². The molecule has 0 saturated carbocycles. The fourth-order valence-corrected chi connectivity index (χ4v) is 3.93. The van der Waals surface area contributed by atoms with Gasteiger partial charge in [-0.2, -0.15) is 0 Å². The minimum Gasteiger partial charge on any atom is -0.382 e. The van der Waals surface area contributed by atoms with E-state index < -0.39 is 9.84 Å². The lowest BCUT2D eigenvalue weighted by molar-refractivity contribution is 0.596. The monoisotopic (exact) mass is 295 g/mol. The summed E-state index contributed by atoms with van der Waals surface area (Å²) in [7, 11) is -2.85. The maximum absolute atomic E-state index is 11.3. The van der Waals surface area contributed by atoms with E-state index in [1.807, 2.05) is 0 Å². The molecule has 1 N–H and O–H groups in total. The van der Waals surface area contributed by atoms with E-state index in [1.54, 1.807) is 6.07 Å². The van der Waals surface area contributed by atoms with Crippen LogP contribution in [0.5, 0.6) is 0 Å². The maximum Gasteiger partial charge on any atom is 0.174 e. The van der Waals surface area contributed by atoms with E-state index >= 15 is 0 Å². The van der Waals surface area contributed by atoms with Gasteiger partial charge in [0.1, 0.15) is 0 Å². The Balaban J connectivity index is 1.97. The predicted octanol–water partition coefficient (Wildman–Crippen LogP) is 1.63. The van der Waals surface area contributed by atoms with Gasteiger partial charge in [0.05, 0.1) is 17.2 Å². The molecule has 0 radical (unpaired) electrons. The molecule has 2 heterocycles. The first-order valence-electron chi connectivity index (χ1n) is 5.09. The molecular formula is C9H11Cl2N3O2S. The van der Waals surface area contributed by atoms with Crippen molar-refractivity contribution in [3.05, 3.63) is 16.4 Å². The summed E-state index contributed by atoms with van der Waals surface area (Å²) in [6.45, 7) is 0.543. The van der Waals surface area contributed by atoms with Gasteiger partial charge < -0.3 is 5.32 Å². The van der Waals surface area contributed by atoms with Gasteiger partial charge >= 0.3 is 0 Å². The highest BCUT2D eigenvalue weighted by Crippen LogP contribution is 2.23. The molecule has 1 aromatic rings. The quantitative estimate of drug-likeness (QED) is 0.918. The molecule has 94 valence electrons. The number of hydrogen-bond acceptors (Lipinski definition) is 5. The van der Waals surface area contributed by atoms with Crippen LogP contribution < -0.4 is 5.32 Å². The molecule has 1 atom stereocenters. The number of rotatable bonds is 3. The van der Waals surface area contributed by atoms with Crippen LogP contribution in [-0.2, 0) is 9.84 Å². The number of nitrogens with one attached hydrogen (secondary N) is 1. The van der Waals surface area contributed by atoms with Crippen LogP contribution in [0.2, 0.25) is 10.3 Å². The van der Waals surface area contributed by atoms with Crippen molar-refractivity contribution in [2.24, 2.45) is 5.92 Å². The summed E-state index contributed by atoms with van der Waals surface area (Å²) in [6.07, 6.45) is 0.680. The summed E-state index contributed by atoms with van der Waals surface area (Å²) in [5.41, 5.74) is 0.580. The van der Waals surface area contributed by atoms with E-state index in [-0.39, 0.29) is 27.7 Å². The van der Waals surface area contributed by atoms with Crippen LogP contribution in [0.15, 0.2) is 6.07 Å². The van der Waals surface area contributed by atoms with Crippen molar-refractivity contribution in [2.45, 2.75) is 6.42 Å². The third kappa shape index (κ3) is 3.43. The highest BCUT2D eigenvalue weighted by Gasteiger charge is 2.27. The Kier molecular flexibility index (Phi) is 3.75. The molecule has 5 nitrogen and oxygen atoms in total. The smallest absolute Gasteiger partial charge is 0.174 e. The molecular weight excluding hydrogens is 285 g/mol. The highest BCUT2D eigenvalue weighted by atomic mass is 35.5. The first-order chi connectivity index (χ1) is 7.96. The average Bonchev–Trinajstić information content (AvgIpc) is 2.60. The average molecular weight is 296 g/mol. The Morgan fingerprint density at radius 3 is 2.82 bits per heavy atom. The maximum atomic E-state index is 11.3. The van der Waals surface area contributed by atoms with Crippen LogP contribution in [0.3, 0.4) is 0 Å². The van der Waals surface area contributed by atoms with Crippen molar-refractivity contribution < 1.29 is 8.42 Å². The second-order valence-electron chi connectivity index (χ2n) is 4.02. The molecule has 1 unspecified atom stereocenters. The highest BCUT2D eigenvalue weighted by molar-refractivity contribution is 7.91. The van der Waals surface area contributed by atoms with Gasteiger partial charge in [-0.3, -0.25) is 0 Å². The molecule has 1 aromatic heterocycles. The number of nitrogens with zero attached hydrogens (tertiary/aromatic N) is 2. The Hall–Kier alpha value is -0.590. The summed E-state index contributed by atoms with van der Waals surface area (Å²) < 4.78 is 22.6. The lowest BCUT2D eigenvalue weighted by Crippen LogP contribution is -2.16. The van der Waals surface area contributed by atoms with Crippen LogP contribution in [0.25, 0.3) is 0 Å². The number of hydrogen-bond donors (Lipinski definition) is 1. The normalized spacial score (nSPS) is 22.6. The zero-order valence-electron chi connectivity index (χ0n) is 8.86. The standard InChI is InChI=1S/C9H11Cl2N3O2S/c10-8-3-7(9(11)14-13-8)12-4-6-1-2-17(15,16)5-6/h3,6H,1-2,4-5H2,(H,12,13). The third-order valence-electron chi connectivity index (χ3n) is 2.63. The molecule has 17 heavy (non-hydrogen) atoms. The van der Waals surface area contributed by atoms with Gasteiger partial charge in [-0.25, -0.2) is 8.42 Å². The number of anilines is 1. The molecule has 2 rings (SSSR count). The minimum absolute atomic E-state index is 0.114. The topological polar surface area (TPSA) is 72.0 Å². The number of aromatic nitrogens is 2. The Morgan fingerprint density at radius 2 is 2.18 bits per heavy atom. The van der Waals surface area contributed by atoms with Crippen LogP contribution in [-0.4, -0.2) is 36.7 Å². The van der Waals surface area contributed by atoms with Crippen LogP contribution in [0, 0.1) is 5.92 Å². The van der Waals surface area contributed by atoms with Gasteiger partial charge in [-0.05, 0) is 12.3 Å². The second-order valence-corrected chi connectivity index (χ2v) is 7.00. The van der Waals surface area contributed by atoms with E-state index in [0.29, 0.717) is 18.7 Å². The van der Waals surface area contributed by atoms with E-state index in [1.165, 1.54) is 0 Å². The van der Waals surface area contributed by atoms with Crippen LogP contribution >= 0.6 is 23.2 Å². The molecule has 0 aliphatic carbocycles. The van der Waals surface area contributed by atoms with Crippen molar-refractivity contribution in [2.75, 3.05) is 23.4 Å². The van der Waals surface area contributed by atoms with Crippen molar-refractivity contribution >= 4 is 38.7 Å². The van der Waals surface area contributed by atoms with Crippen LogP contribution in [0.1, 0.15) is 6.42 Å². The molecule has 8 heteroatoms. The van der Waals surface area contributed by atoms with Crippen molar-refractivity contribution in [1.29, 1.82) is 0 Å². The second kappa shape index (κ2) is 4.96. The van der Waals surface area contributed by atoms with Crippen molar-refractivity contribution in [3.8, 4) is 0 Å². The Morgan fingerprint density at radius 1 is 1.41 bits per heavy atom. The first kappa shape index (κ1) is 12.9. The molecule has 0 amide bonds. The van der Waals surface area contributed by atoms with E-state index in [0.717, 1.165) is 0 Å². The van der Waals surface area contributed by atoms with Crippen LogP contribution in [0.4, 0.5) is 5.69 Å².